The van der Waals surface area contributed by atoms with Gasteiger partial charge in [0.1, 0.15) is 5.69 Å². The van der Waals surface area contributed by atoms with E-state index >= 15 is 0 Å². The van der Waals surface area contributed by atoms with Gasteiger partial charge in [0, 0.05) is 13.2 Å². The Kier molecular flexibility index (Phi) is 5.40. The summed E-state index contributed by atoms with van der Waals surface area (Å²) in [6, 6.07) is 11.0. The van der Waals surface area contributed by atoms with Gasteiger partial charge in [0.05, 0.1) is 34.4 Å². The van der Waals surface area contributed by atoms with Crippen molar-refractivity contribution in [1.82, 2.24) is 24.1 Å². The molecule has 0 aliphatic carbocycles. The summed E-state index contributed by atoms with van der Waals surface area (Å²) >= 11 is 0. The Hall–Kier alpha value is -4.15. The lowest BCUT2D eigenvalue weighted by atomic mass is 10.2. The number of anilines is 1. The van der Waals surface area contributed by atoms with Crippen LogP contribution in [0.1, 0.15) is 27.3 Å². The third kappa shape index (κ3) is 3.93. The fourth-order valence-corrected chi connectivity index (χ4v) is 3.44. The topological polar surface area (TPSA) is 86.7 Å². The Bertz CT molecular complexity index is 1380. The molecule has 33 heavy (non-hydrogen) atoms. The second kappa shape index (κ2) is 8.08. The number of carbonyl (C=O) groups excluding carboxylic acids is 1. The summed E-state index contributed by atoms with van der Waals surface area (Å²) in [6.07, 6.45) is -2.52. The van der Waals surface area contributed by atoms with Crippen LogP contribution in [0.4, 0.5) is 18.9 Å². The Morgan fingerprint density at radius 2 is 1.70 bits per heavy atom. The molecule has 170 valence electrons. The van der Waals surface area contributed by atoms with Crippen molar-refractivity contribution in [3.8, 4) is 11.5 Å². The maximum atomic E-state index is 13.0. The molecule has 8 nitrogen and oxygen atoms in total. The van der Waals surface area contributed by atoms with Crippen molar-refractivity contribution in [2.75, 3.05) is 5.32 Å². The smallest absolute Gasteiger partial charge is 0.316 e. The minimum atomic E-state index is -4.50. The number of alkyl halides is 3. The molecule has 4 aromatic rings. The van der Waals surface area contributed by atoms with E-state index in [-0.39, 0.29) is 17.1 Å². The van der Waals surface area contributed by atoms with Gasteiger partial charge in [0.25, 0.3) is 11.5 Å². The molecule has 0 saturated carbocycles. The molecular weight excluding hydrogens is 437 g/mol. The lowest BCUT2D eigenvalue weighted by Gasteiger charge is -2.08. The molecule has 0 radical (unpaired) electrons. The van der Waals surface area contributed by atoms with Crippen molar-refractivity contribution >= 4 is 11.6 Å². The number of benzene rings is 1. The number of rotatable bonds is 4. The fourth-order valence-electron chi connectivity index (χ4n) is 3.44. The van der Waals surface area contributed by atoms with Gasteiger partial charge in [-0.25, -0.2) is 14.3 Å². The minimum Gasteiger partial charge on any atom is -0.316 e. The zero-order valence-electron chi connectivity index (χ0n) is 17.9. The lowest BCUT2D eigenvalue weighted by Crippen LogP contribution is -2.23. The number of pyridine rings is 1. The third-order valence-corrected chi connectivity index (χ3v) is 5.34. The summed E-state index contributed by atoms with van der Waals surface area (Å²) < 4.78 is 42.7. The van der Waals surface area contributed by atoms with E-state index in [0.717, 1.165) is 6.07 Å². The molecule has 0 saturated heterocycles. The highest BCUT2D eigenvalue weighted by Crippen LogP contribution is 2.29. The first-order valence-electron chi connectivity index (χ1n) is 9.83. The standard InChI is InChI=1S/C22H19F3N6O2/c1-13-17(12-27-30(13)18-10-9-15(11-26-18)22(23,24)25)20(32)28-19-14(2)29(3)31(21(19)33)16-7-5-4-6-8-16/h4-12H,1-3H3,(H,28,32). The second-order valence-electron chi connectivity index (χ2n) is 7.35. The molecule has 1 aromatic carbocycles. The van der Waals surface area contributed by atoms with E-state index in [1.54, 1.807) is 49.8 Å². The van der Waals surface area contributed by atoms with Crippen molar-refractivity contribution in [2.45, 2.75) is 20.0 Å². The summed E-state index contributed by atoms with van der Waals surface area (Å²) in [4.78, 5) is 29.7. The van der Waals surface area contributed by atoms with E-state index in [9.17, 15) is 22.8 Å². The van der Waals surface area contributed by atoms with E-state index in [1.807, 2.05) is 6.07 Å². The van der Waals surface area contributed by atoms with Crippen LogP contribution in [0.2, 0.25) is 0 Å². The van der Waals surface area contributed by atoms with Gasteiger partial charge < -0.3 is 5.32 Å². The molecule has 0 bridgehead atoms. The maximum Gasteiger partial charge on any atom is 0.417 e. The first kappa shape index (κ1) is 22.1. The second-order valence-corrected chi connectivity index (χ2v) is 7.35. The van der Waals surface area contributed by atoms with Crippen LogP contribution in [-0.4, -0.2) is 30.0 Å². The molecule has 1 amide bonds. The molecule has 0 aliphatic rings. The highest BCUT2D eigenvalue weighted by Gasteiger charge is 2.31. The molecule has 0 atom stereocenters. The van der Waals surface area contributed by atoms with Crippen molar-refractivity contribution in [3.63, 3.8) is 0 Å². The summed E-state index contributed by atoms with van der Waals surface area (Å²) in [6.45, 7) is 3.29. The Labute approximate surface area is 185 Å². The fraction of sp³-hybridized carbons (Fsp3) is 0.182. The van der Waals surface area contributed by atoms with E-state index < -0.39 is 23.2 Å². The van der Waals surface area contributed by atoms with Gasteiger partial charge in [-0.2, -0.15) is 18.3 Å². The molecule has 1 N–H and O–H groups in total. The largest absolute Gasteiger partial charge is 0.417 e. The van der Waals surface area contributed by atoms with E-state index in [4.69, 9.17) is 0 Å². The molecule has 0 fully saturated rings. The van der Waals surface area contributed by atoms with Gasteiger partial charge in [-0.05, 0) is 38.1 Å². The van der Waals surface area contributed by atoms with Crippen LogP contribution in [0.15, 0.2) is 59.7 Å². The SMILES string of the molecule is Cc1c(C(=O)Nc2c(C)n(C)n(-c3ccccc3)c2=O)cnn1-c1ccc(C(F)(F)F)cn1. The van der Waals surface area contributed by atoms with Crippen LogP contribution in [0.5, 0.6) is 0 Å². The van der Waals surface area contributed by atoms with Crippen LogP contribution < -0.4 is 10.9 Å². The van der Waals surface area contributed by atoms with Crippen LogP contribution in [0, 0.1) is 13.8 Å². The van der Waals surface area contributed by atoms with Crippen LogP contribution in [0.3, 0.4) is 0 Å². The summed E-state index contributed by atoms with van der Waals surface area (Å²) in [5, 5.41) is 6.72. The van der Waals surface area contributed by atoms with E-state index in [0.29, 0.717) is 23.3 Å². The summed E-state index contributed by atoms with van der Waals surface area (Å²) in [7, 11) is 1.71. The average molecular weight is 456 g/mol. The monoisotopic (exact) mass is 456 g/mol. The highest BCUT2D eigenvalue weighted by atomic mass is 19.4. The minimum absolute atomic E-state index is 0.117. The zero-order chi connectivity index (χ0) is 23.9. The lowest BCUT2D eigenvalue weighted by molar-refractivity contribution is -0.137. The van der Waals surface area contributed by atoms with E-state index in [2.05, 4.69) is 15.4 Å². The molecule has 11 heteroatoms. The number of para-hydroxylation sites is 1. The number of nitrogens with zero attached hydrogens (tertiary/aromatic N) is 5. The molecule has 0 unspecified atom stereocenters. The van der Waals surface area contributed by atoms with Crippen LogP contribution >= 0.6 is 0 Å². The summed E-state index contributed by atoms with van der Waals surface area (Å²) in [5.74, 6) is -0.446. The number of hydrogen-bond acceptors (Lipinski definition) is 4. The van der Waals surface area contributed by atoms with Gasteiger partial charge in [-0.3, -0.25) is 14.3 Å². The average Bonchev–Trinajstić information content (AvgIpc) is 3.26. The van der Waals surface area contributed by atoms with Gasteiger partial charge in [-0.1, -0.05) is 18.2 Å². The number of nitrogens with one attached hydrogen (secondary N) is 1. The van der Waals surface area contributed by atoms with Gasteiger partial charge in [-0.15, -0.1) is 0 Å². The normalized spacial score (nSPS) is 11.6. The van der Waals surface area contributed by atoms with Crippen LogP contribution in [-0.2, 0) is 13.2 Å². The Morgan fingerprint density at radius 3 is 2.30 bits per heavy atom. The predicted molar refractivity (Wildman–Crippen MR) is 115 cm³/mol. The molecule has 0 aliphatic heterocycles. The quantitative estimate of drug-likeness (QED) is 0.508. The van der Waals surface area contributed by atoms with Gasteiger partial charge in [0.2, 0.25) is 0 Å². The molecule has 4 rings (SSSR count). The van der Waals surface area contributed by atoms with E-state index in [1.165, 1.54) is 21.6 Å². The number of amides is 1. The number of aromatic nitrogens is 5. The highest BCUT2D eigenvalue weighted by molar-refractivity contribution is 6.05. The van der Waals surface area contributed by atoms with Crippen molar-refractivity contribution in [3.05, 3.63) is 87.7 Å². The number of hydrogen-bond donors (Lipinski definition) is 1. The molecule has 3 aromatic heterocycles. The first-order chi connectivity index (χ1) is 15.6. The third-order valence-electron chi connectivity index (χ3n) is 5.34. The van der Waals surface area contributed by atoms with Crippen LogP contribution in [0.25, 0.3) is 11.5 Å². The van der Waals surface area contributed by atoms with Crippen molar-refractivity contribution in [2.24, 2.45) is 7.05 Å². The molecular formula is C22H19F3N6O2. The maximum absolute atomic E-state index is 13.0. The first-order valence-corrected chi connectivity index (χ1v) is 9.83. The van der Waals surface area contributed by atoms with Crippen molar-refractivity contribution in [1.29, 1.82) is 0 Å². The van der Waals surface area contributed by atoms with Crippen molar-refractivity contribution < 1.29 is 18.0 Å². The molecule has 0 spiro atoms. The Morgan fingerprint density at radius 1 is 1.00 bits per heavy atom. The van der Waals surface area contributed by atoms with Gasteiger partial charge >= 0.3 is 6.18 Å². The predicted octanol–water partition coefficient (Wildman–Crippen LogP) is 3.64. The number of carbonyl (C=O) groups is 1. The summed E-state index contributed by atoms with van der Waals surface area (Å²) in [5.41, 5.74) is 0.540. The zero-order valence-corrected chi connectivity index (χ0v) is 17.9. The Balaban J connectivity index is 1.64. The number of halogens is 3. The molecule has 3 heterocycles. The van der Waals surface area contributed by atoms with Gasteiger partial charge in [0.15, 0.2) is 5.82 Å².